The minimum atomic E-state index is -4.44. The van der Waals surface area contributed by atoms with Crippen molar-refractivity contribution < 1.29 is 23.1 Å². The quantitative estimate of drug-likeness (QED) is 0.678. The zero-order valence-electron chi connectivity index (χ0n) is 14.6. The van der Waals surface area contributed by atoms with Gasteiger partial charge in [0.2, 0.25) is 0 Å². The second kappa shape index (κ2) is 8.22. The van der Waals surface area contributed by atoms with Gasteiger partial charge in [-0.25, -0.2) is 4.68 Å². The molecule has 0 bridgehead atoms. The summed E-state index contributed by atoms with van der Waals surface area (Å²) < 4.78 is 39.5. The van der Waals surface area contributed by atoms with Gasteiger partial charge in [-0.1, -0.05) is 47.7 Å². The van der Waals surface area contributed by atoms with Crippen molar-refractivity contribution in [3.05, 3.63) is 83.2 Å². The number of alkyl halides is 3. The molecule has 2 N–H and O–H groups in total. The summed E-state index contributed by atoms with van der Waals surface area (Å²) in [5.41, 5.74) is 0.246. The van der Waals surface area contributed by atoms with Gasteiger partial charge in [-0.3, -0.25) is 4.79 Å². The number of hydrogen-bond acceptors (Lipinski definition) is 4. The molecule has 9 heteroatoms. The van der Waals surface area contributed by atoms with Crippen molar-refractivity contribution >= 4 is 5.91 Å². The molecule has 1 heterocycles. The molecule has 0 unspecified atom stereocenters. The van der Waals surface area contributed by atoms with Crippen LogP contribution in [0.25, 0.3) is 0 Å². The lowest BCUT2D eigenvalue weighted by molar-refractivity contribution is -0.137. The van der Waals surface area contributed by atoms with Crippen molar-refractivity contribution in [2.45, 2.75) is 25.4 Å². The van der Waals surface area contributed by atoms with Gasteiger partial charge in [0.25, 0.3) is 5.91 Å². The lowest BCUT2D eigenvalue weighted by Crippen LogP contribution is -2.23. The number of aromatic nitrogens is 3. The number of nitrogens with one attached hydrogen (secondary N) is 1. The van der Waals surface area contributed by atoms with Crippen LogP contribution < -0.4 is 5.32 Å². The maximum absolute atomic E-state index is 12.7. The van der Waals surface area contributed by atoms with Crippen molar-refractivity contribution in [3.63, 3.8) is 0 Å². The van der Waals surface area contributed by atoms with Crippen LogP contribution in [0.1, 0.15) is 33.3 Å². The van der Waals surface area contributed by atoms with Crippen molar-refractivity contribution in [3.8, 4) is 0 Å². The first kappa shape index (κ1) is 19.6. The van der Waals surface area contributed by atoms with Crippen molar-refractivity contribution in [1.82, 2.24) is 20.3 Å². The second-order valence-corrected chi connectivity index (χ2v) is 6.13. The number of carbonyl (C=O) groups excluding carboxylic acids is 1. The third-order valence-electron chi connectivity index (χ3n) is 4.02. The maximum atomic E-state index is 12.7. The van der Waals surface area contributed by atoms with Crippen LogP contribution in [0.4, 0.5) is 13.2 Å². The number of aliphatic hydroxyl groups excluding tert-OH is 1. The van der Waals surface area contributed by atoms with E-state index in [1.165, 1.54) is 23.0 Å². The molecule has 0 fully saturated rings. The molecule has 0 spiro atoms. The Hall–Kier alpha value is -3.20. The van der Waals surface area contributed by atoms with Gasteiger partial charge in [0.15, 0.2) is 5.69 Å². The Morgan fingerprint density at radius 3 is 2.61 bits per heavy atom. The van der Waals surface area contributed by atoms with Crippen LogP contribution in [0, 0.1) is 0 Å². The highest BCUT2D eigenvalue weighted by molar-refractivity contribution is 5.91. The summed E-state index contributed by atoms with van der Waals surface area (Å²) in [6, 6.07) is 13.7. The topological polar surface area (TPSA) is 80.0 Å². The molecule has 6 nitrogen and oxygen atoms in total. The van der Waals surface area contributed by atoms with Crippen LogP contribution >= 0.6 is 0 Å². The molecule has 2 aromatic carbocycles. The first-order valence-electron chi connectivity index (χ1n) is 8.40. The molecule has 3 aromatic rings. The zero-order chi connectivity index (χ0) is 20.1. The molecular weight excluding hydrogens is 373 g/mol. The number of benzene rings is 2. The van der Waals surface area contributed by atoms with Crippen molar-refractivity contribution in [2.75, 3.05) is 0 Å². The maximum Gasteiger partial charge on any atom is 0.416 e. The summed E-state index contributed by atoms with van der Waals surface area (Å²) in [6.07, 6.45) is -3.89. The number of halogens is 3. The van der Waals surface area contributed by atoms with Crippen molar-refractivity contribution in [1.29, 1.82) is 0 Å². The Labute approximate surface area is 158 Å². The smallest absolute Gasteiger partial charge is 0.386 e. The van der Waals surface area contributed by atoms with Crippen molar-refractivity contribution in [2.24, 2.45) is 0 Å². The van der Waals surface area contributed by atoms with E-state index in [1.807, 2.05) is 6.07 Å². The van der Waals surface area contributed by atoms with E-state index in [2.05, 4.69) is 15.6 Å². The Bertz CT molecular complexity index is 942. The third kappa shape index (κ3) is 4.95. The fourth-order valence-corrected chi connectivity index (χ4v) is 2.58. The summed E-state index contributed by atoms with van der Waals surface area (Å²) in [4.78, 5) is 12.2. The number of carbonyl (C=O) groups is 1. The van der Waals surface area contributed by atoms with Crippen LogP contribution in [0.3, 0.4) is 0 Å². The van der Waals surface area contributed by atoms with E-state index in [0.717, 1.165) is 12.1 Å². The van der Waals surface area contributed by atoms with Crippen LogP contribution in [0.2, 0.25) is 0 Å². The molecular formula is C19H17F3N4O2. The largest absolute Gasteiger partial charge is 0.416 e. The van der Waals surface area contributed by atoms with Crippen LogP contribution in [-0.4, -0.2) is 26.0 Å². The highest BCUT2D eigenvalue weighted by Crippen LogP contribution is 2.29. The molecule has 1 amide bonds. The minimum absolute atomic E-state index is 0.00670. The van der Waals surface area contributed by atoms with E-state index >= 15 is 0 Å². The number of amides is 1. The number of aliphatic hydroxyl groups is 1. The first-order chi connectivity index (χ1) is 13.3. The third-order valence-corrected chi connectivity index (χ3v) is 4.02. The van der Waals surface area contributed by atoms with Gasteiger partial charge in [-0.15, -0.1) is 5.10 Å². The SMILES string of the molecule is O=C(NCc1cccc(C(F)(F)F)c1)c1cn(C[C@@H](O)c2ccccc2)nn1. The average Bonchev–Trinajstić information content (AvgIpc) is 3.15. The molecule has 0 saturated carbocycles. The summed E-state index contributed by atoms with van der Waals surface area (Å²) in [5, 5.41) is 20.2. The highest BCUT2D eigenvalue weighted by atomic mass is 19.4. The molecule has 0 aliphatic heterocycles. The van der Waals surface area contributed by atoms with E-state index in [1.54, 1.807) is 24.3 Å². The van der Waals surface area contributed by atoms with E-state index in [9.17, 15) is 23.1 Å². The number of nitrogens with zero attached hydrogens (tertiary/aromatic N) is 3. The van der Waals surface area contributed by atoms with Gasteiger partial charge in [-0.05, 0) is 23.3 Å². The normalized spacial score (nSPS) is 12.6. The first-order valence-corrected chi connectivity index (χ1v) is 8.40. The Balaban J connectivity index is 1.59. The molecule has 3 rings (SSSR count). The molecule has 0 aliphatic rings. The summed E-state index contributed by atoms with van der Waals surface area (Å²) in [7, 11) is 0. The van der Waals surface area contributed by atoms with Gasteiger partial charge in [0.05, 0.1) is 24.4 Å². The molecule has 1 aromatic heterocycles. The van der Waals surface area contributed by atoms with Crippen LogP contribution in [0.5, 0.6) is 0 Å². The summed E-state index contributed by atoms with van der Waals surface area (Å²) in [6.45, 7) is 0.0280. The Morgan fingerprint density at radius 1 is 1.14 bits per heavy atom. The lowest BCUT2D eigenvalue weighted by atomic mass is 10.1. The standard InChI is InChI=1S/C19H17F3N4O2/c20-19(21,22)15-8-4-5-13(9-15)10-23-18(28)16-11-26(25-24-16)12-17(27)14-6-2-1-3-7-14/h1-9,11,17,27H,10,12H2,(H,23,28)/t17-/m1/s1. The molecule has 1 atom stereocenters. The van der Waals surface area contributed by atoms with E-state index in [-0.39, 0.29) is 18.8 Å². The second-order valence-electron chi connectivity index (χ2n) is 6.13. The van der Waals surface area contributed by atoms with Gasteiger partial charge < -0.3 is 10.4 Å². The van der Waals surface area contributed by atoms with E-state index in [0.29, 0.717) is 11.1 Å². The molecule has 0 radical (unpaired) electrons. The molecule has 146 valence electrons. The van der Waals surface area contributed by atoms with Crippen LogP contribution in [-0.2, 0) is 19.3 Å². The number of rotatable bonds is 6. The predicted molar refractivity (Wildman–Crippen MR) is 94.0 cm³/mol. The van der Waals surface area contributed by atoms with Gasteiger partial charge >= 0.3 is 6.18 Å². The predicted octanol–water partition coefficient (Wildman–Crippen LogP) is 2.96. The number of hydrogen-bond donors (Lipinski definition) is 2. The molecule has 0 aliphatic carbocycles. The zero-order valence-corrected chi connectivity index (χ0v) is 14.6. The van der Waals surface area contributed by atoms with Crippen LogP contribution in [0.15, 0.2) is 60.8 Å². The lowest BCUT2D eigenvalue weighted by Gasteiger charge is -2.10. The minimum Gasteiger partial charge on any atom is -0.386 e. The average molecular weight is 390 g/mol. The molecule has 28 heavy (non-hydrogen) atoms. The monoisotopic (exact) mass is 390 g/mol. The van der Waals surface area contributed by atoms with Gasteiger partial charge in [0, 0.05) is 6.54 Å². The summed E-state index contributed by atoms with van der Waals surface area (Å²) >= 11 is 0. The summed E-state index contributed by atoms with van der Waals surface area (Å²) in [5.74, 6) is -0.571. The van der Waals surface area contributed by atoms with Gasteiger partial charge in [-0.2, -0.15) is 13.2 Å². The van der Waals surface area contributed by atoms with E-state index in [4.69, 9.17) is 0 Å². The molecule has 0 saturated heterocycles. The Morgan fingerprint density at radius 2 is 1.89 bits per heavy atom. The highest BCUT2D eigenvalue weighted by Gasteiger charge is 2.30. The van der Waals surface area contributed by atoms with E-state index < -0.39 is 23.8 Å². The van der Waals surface area contributed by atoms with Gasteiger partial charge in [0.1, 0.15) is 0 Å². The fourth-order valence-electron chi connectivity index (χ4n) is 2.58. The fraction of sp³-hybridized carbons (Fsp3) is 0.211. The Kier molecular flexibility index (Phi) is 5.74.